The van der Waals surface area contributed by atoms with Crippen LogP contribution in [0.5, 0.6) is 0 Å². The Balaban J connectivity index is 4.31. The molecule has 0 aromatic rings. The molecule has 16 heavy (non-hydrogen) atoms. The van der Waals surface area contributed by atoms with Crippen LogP contribution in [0.15, 0.2) is 0 Å². The molecule has 6 nitrogen and oxygen atoms in total. The number of carbonyl (C=O) groups excluding carboxylic acids is 2. The molecule has 0 radical (unpaired) electrons. The van der Waals surface area contributed by atoms with Crippen molar-refractivity contribution in [3.63, 3.8) is 0 Å². The van der Waals surface area contributed by atoms with Crippen LogP contribution in [0.4, 0.5) is 0 Å². The van der Waals surface area contributed by atoms with Crippen molar-refractivity contribution in [1.29, 1.82) is 0 Å². The minimum Gasteiger partial charge on any atom is -0.480 e. The van der Waals surface area contributed by atoms with Crippen LogP contribution in [-0.2, 0) is 14.4 Å². The fourth-order valence-electron chi connectivity index (χ4n) is 1.44. The molecule has 3 N–H and O–H groups in total. The van der Waals surface area contributed by atoms with E-state index in [-0.39, 0.29) is 31.3 Å². The second kappa shape index (κ2) is 7.95. The predicted octanol–water partition coefficient (Wildman–Crippen LogP) is -0.874. The molecule has 0 bridgehead atoms. The number of hydrogen-bond acceptors (Lipinski definition) is 5. The van der Waals surface area contributed by atoms with Crippen LogP contribution in [0.25, 0.3) is 0 Å². The number of aldehydes is 1. The summed E-state index contributed by atoms with van der Waals surface area (Å²) in [6.45, 7) is 1.81. The maximum Gasteiger partial charge on any atom is 0.317 e. The molecule has 92 valence electrons. The van der Waals surface area contributed by atoms with Crippen LogP contribution in [0.2, 0.25) is 0 Å². The Morgan fingerprint density at radius 3 is 2.44 bits per heavy atom. The topological polar surface area (TPSA) is 101 Å². The number of carboxylic acids is 1. The number of nitrogens with two attached hydrogens (primary N) is 1. The minimum absolute atomic E-state index is 0.0429. The molecule has 1 atom stereocenters. The van der Waals surface area contributed by atoms with Crippen molar-refractivity contribution in [3.8, 4) is 0 Å². The molecule has 0 heterocycles. The van der Waals surface area contributed by atoms with Crippen molar-refractivity contribution in [3.05, 3.63) is 0 Å². The maximum absolute atomic E-state index is 10.9. The third kappa shape index (κ3) is 7.08. The molecule has 0 aliphatic heterocycles. The molecule has 6 heteroatoms. The van der Waals surface area contributed by atoms with E-state index in [0.717, 1.165) is 6.29 Å². The van der Waals surface area contributed by atoms with Gasteiger partial charge in [0, 0.05) is 12.5 Å². The summed E-state index contributed by atoms with van der Waals surface area (Å²) in [6.07, 6.45) is 1.25. The summed E-state index contributed by atoms with van der Waals surface area (Å²) >= 11 is 0. The van der Waals surface area contributed by atoms with E-state index >= 15 is 0 Å². The van der Waals surface area contributed by atoms with Gasteiger partial charge < -0.3 is 15.6 Å². The average molecular weight is 230 g/mol. The highest BCUT2D eigenvalue weighted by Gasteiger charge is 2.16. The number of aliphatic carboxylic acids is 1. The molecule has 0 saturated carbocycles. The fraction of sp³-hybridized carbons (Fsp3) is 0.700. The Morgan fingerprint density at radius 1 is 1.44 bits per heavy atom. The summed E-state index contributed by atoms with van der Waals surface area (Å²) in [5.74, 6) is -1.46. The van der Waals surface area contributed by atoms with Crippen LogP contribution in [0.1, 0.15) is 13.3 Å². The van der Waals surface area contributed by atoms with E-state index in [9.17, 15) is 14.4 Å². The zero-order valence-electron chi connectivity index (χ0n) is 9.39. The van der Waals surface area contributed by atoms with E-state index < -0.39 is 5.97 Å². The summed E-state index contributed by atoms with van der Waals surface area (Å²) in [4.78, 5) is 33.6. The van der Waals surface area contributed by atoms with Crippen LogP contribution >= 0.6 is 0 Å². The molecule has 0 amide bonds. The first-order valence-corrected chi connectivity index (χ1v) is 5.08. The first-order valence-electron chi connectivity index (χ1n) is 5.08. The maximum atomic E-state index is 10.9. The molecule has 0 saturated heterocycles. The van der Waals surface area contributed by atoms with Gasteiger partial charge in [-0.25, -0.2) is 0 Å². The van der Waals surface area contributed by atoms with Crippen LogP contribution < -0.4 is 5.73 Å². The molecule has 0 spiro atoms. The van der Waals surface area contributed by atoms with Gasteiger partial charge in [0.1, 0.15) is 12.1 Å². The van der Waals surface area contributed by atoms with Crippen molar-refractivity contribution < 1.29 is 19.5 Å². The van der Waals surface area contributed by atoms with Gasteiger partial charge in [0.15, 0.2) is 0 Å². The van der Waals surface area contributed by atoms with Crippen LogP contribution in [0.3, 0.4) is 0 Å². The Bertz CT molecular complexity index is 239. The summed E-state index contributed by atoms with van der Waals surface area (Å²) < 4.78 is 0. The van der Waals surface area contributed by atoms with Gasteiger partial charge in [0.2, 0.25) is 0 Å². The van der Waals surface area contributed by atoms with Gasteiger partial charge in [-0.3, -0.25) is 14.5 Å². The van der Waals surface area contributed by atoms with Crippen molar-refractivity contribution in [2.75, 3.05) is 26.2 Å². The molecule has 0 fully saturated rings. The highest BCUT2D eigenvalue weighted by Crippen LogP contribution is 2.02. The molecule has 0 aromatic carbocycles. The van der Waals surface area contributed by atoms with Gasteiger partial charge in [-0.2, -0.15) is 0 Å². The largest absolute Gasteiger partial charge is 0.480 e. The third-order valence-electron chi connectivity index (χ3n) is 2.03. The van der Waals surface area contributed by atoms with Gasteiger partial charge in [-0.05, 0) is 19.9 Å². The van der Waals surface area contributed by atoms with E-state index in [1.54, 1.807) is 0 Å². The van der Waals surface area contributed by atoms with E-state index in [0.29, 0.717) is 13.0 Å². The van der Waals surface area contributed by atoms with E-state index in [1.165, 1.54) is 11.8 Å². The molecule has 0 aliphatic rings. The fourth-order valence-corrected chi connectivity index (χ4v) is 1.44. The second-order valence-corrected chi connectivity index (χ2v) is 3.74. The van der Waals surface area contributed by atoms with Gasteiger partial charge in [-0.15, -0.1) is 0 Å². The van der Waals surface area contributed by atoms with Gasteiger partial charge in [0.25, 0.3) is 0 Å². The number of carbonyl (C=O) groups is 3. The summed E-state index contributed by atoms with van der Waals surface area (Å²) in [5, 5.41) is 8.65. The number of ketones is 1. The minimum atomic E-state index is -1.02. The lowest BCUT2D eigenvalue weighted by atomic mass is 10.1. The highest BCUT2D eigenvalue weighted by atomic mass is 16.4. The van der Waals surface area contributed by atoms with Crippen LogP contribution in [0, 0.1) is 5.92 Å². The number of rotatable bonds is 9. The number of nitrogens with zero attached hydrogens (tertiary/aromatic N) is 1. The number of hydrogen-bond donors (Lipinski definition) is 2. The van der Waals surface area contributed by atoms with Crippen molar-refractivity contribution in [1.82, 2.24) is 4.90 Å². The van der Waals surface area contributed by atoms with Gasteiger partial charge in [-0.1, -0.05) is 0 Å². The van der Waals surface area contributed by atoms with Gasteiger partial charge >= 0.3 is 5.97 Å². The lowest BCUT2D eigenvalue weighted by molar-refractivity contribution is -0.139. The standard InChI is InChI=1S/C10H18N2O4/c1-8(14)4-12(6-10(15)16)5-9(7-13)2-3-11/h7,9H,2-6,11H2,1H3,(H,15,16). The molecular formula is C10H18N2O4. The molecule has 0 rings (SSSR count). The van der Waals surface area contributed by atoms with Crippen molar-refractivity contribution >= 4 is 18.0 Å². The quantitative estimate of drug-likeness (QED) is 0.499. The lowest BCUT2D eigenvalue weighted by Crippen LogP contribution is -2.38. The summed E-state index contributed by atoms with van der Waals surface area (Å²) in [5.41, 5.74) is 5.32. The molecular weight excluding hydrogens is 212 g/mol. The van der Waals surface area contributed by atoms with E-state index in [1.807, 2.05) is 0 Å². The molecule has 0 aromatic heterocycles. The van der Waals surface area contributed by atoms with Crippen LogP contribution in [-0.4, -0.2) is 54.2 Å². The third-order valence-corrected chi connectivity index (χ3v) is 2.03. The highest BCUT2D eigenvalue weighted by molar-refractivity contribution is 5.78. The van der Waals surface area contributed by atoms with Crippen molar-refractivity contribution in [2.45, 2.75) is 13.3 Å². The Morgan fingerprint density at radius 2 is 2.06 bits per heavy atom. The zero-order chi connectivity index (χ0) is 12.6. The normalized spacial score (nSPS) is 12.4. The number of carboxylic acid groups (broad SMARTS) is 1. The Kier molecular flexibility index (Phi) is 7.32. The van der Waals surface area contributed by atoms with Crippen molar-refractivity contribution in [2.24, 2.45) is 11.7 Å². The zero-order valence-corrected chi connectivity index (χ0v) is 9.39. The Labute approximate surface area is 94.4 Å². The lowest BCUT2D eigenvalue weighted by Gasteiger charge is -2.21. The predicted molar refractivity (Wildman–Crippen MR) is 58.0 cm³/mol. The summed E-state index contributed by atoms with van der Waals surface area (Å²) in [7, 11) is 0. The summed E-state index contributed by atoms with van der Waals surface area (Å²) in [6, 6.07) is 0. The van der Waals surface area contributed by atoms with E-state index in [4.69, 9.17) is 10.8 Å². The molecule has 0 aliphatic carbocycles. The first kappa shape index (κ1) is 14.7. The first-order chi connectivity index (χ1) is 7.49. The monoisotopic (exact) mass is 230 g/mol. The average Bonchev–Trinajstić information content (AvgIpc) is 2.14. The second-order valence-electron chi connectivity index (χ2n) is 3.74. The van der Waals surface area contributed by atoms with E-state index in [2.05, 4.69) is 0 Å². The smallest absolute Gasteiger partial charge is 0.317 e. The molecule has 1 unspecified atom stereocenters. The van der Waals surface area contributed by atoms with Gasteiger partial charge in [0.05, 0.1) is 13.1 Å². The SMILES string of the molecule is CC(=O)CN(CC(=O)O)CC(C=O)CCN. The Hall–Kier alpha value is -1.27. The number of Topliss-reactive ketones (excluding diaryl/α,β-unsaturated/α-hetero) is 1.